The van der Waals surface area contributed by atoms with Crippen LogP contribution in [0.15, 0.2) is 0 Å². The molecular formula is C11H21ClO. The largest absolute Gasteiger partial charge is 0.389 e. The van der Waals surface area contributed by atoms with Gasteiger partial charge in [0.15, 0.2) is 0 Å². The third-order valence-corrected chi connectivity index (χ3v) is 3.55. The van der Waals surface area contributed by atoms with Gasteiger partial charge in [-0.3, -0.25) is 0 Å². The van der Waals surface area contributed by atoms with Gasteiger partial charge in [-0.25, -0.2) is 0 Å². The van der Waals surface area contributed by atoms with Gasteiger partial charge in [0.25, 0.3) is 0 Å². The average molecular weight is 205 g/mol. The van der Waals surface area contributed by atoms with Crippen LogP contribution in [0.4, 0.5) is 0 Å². The molecule has 0 amide bonds. The molecule has 0 atom stereocenters. The minimum atomic E-state index is -0.503. The summed E-state index contributed by atoms with van der Waals surface area (Å²) in [5.74, 6) is 1.17. The first kappa shape index (κ1) is 11.3. The van der Waals surface area contributed by atoms with Crippen molar-refractivity contribution in [2.24, 2.45) is 5.92 Å². The van der Waals surface area contributed by atoms with Gasteiger partial charge in [0.2, 0.25) is 0 Å². The minimum absolute atomic E-state index is 0.415. The van der Waals surface area contributed by atoms with Crippen molar-refractivity contribution in [3.05, 3.63) is 0 Å². The molecule has 0 aliphatic heterocycles. The highest BCUT2D eigenvalue weighted by Crippen LogP contribution is 2.41. The zero-order valence-corrected chi connectivity index (χ0v) is 9.32. The lowest BCUT2D eigenvalue weighted by atomic mass is 9.70. The Bertz CT molecular complexity index is 141. The highest BCUT2D eigenvalue weighted by atomic mass is 35.5. The van der Waals surface area contributed by atoms with E-state index in [2.05, 4.69) is 6.92 Å². The van der Waals surface area contributed by atoms with E-state index in [9.17, 15) is 5.11 Å². The Balaban J connectivity index is 1.96. The highest BCUT2D eigenvalue weighted by Gasteiger charge is 2.40. The molecule has 13 heavy (non-hydrogen) atoms. The van der Waals surface area contributed by atoms with Crippen LogP contribution >= 0.6 is 11.6 Å². The summed E-state index contributed by atoms with van der Waals surface area (Å²) in [7, 11) is 0. The zero-order valence-electron chi connectivity index (χ0n) is 8.56. The lowest BCUT2D eigenvalue weighted by molar-refractivity contribution is -0.0567. The molecule has 0 aromatic heterocycles. The predicted molar refractivity (Wildman–Crippen MR) is 57.2 cm³/mol. The van der Waals surface area contributed by atoms with Gasteiger partial charge in [0, 0.05) is 0 Å². The number of rotatable bonds is 6. The molecule has 0 radical (unpaired) electrons. The summed E-state index contributed by atoms with van der Waals surface area (Å²) in [6.07, 6.45) is 8.50. The van der Waals surface area contributed by atoms with Crippen LogP contribution in [0.5, 0.6) is 0 Å². The molecule has 1 aliphatic rings. The number of hydrogen-bond acceptors (Lipinski definition) is 1. The first-order chi connectivity index (χ1) is 6.20. The van der Waals surface area contributed by atoms with Gasteiger partial charge in [-0.2, -0.15) is 0 Å². The van der Waals surface area contributed by atoms with Gasteiger partial charge >= 0.3 is 0 Å². The summed E-state index contributed by atoms with van der Waals surface area (Å²) in [6, 6.07) is 0. The van der Waals surface area contributed by atoms with Gasteiger partial charge in [0.05, 0.1) is 11.5 Å². The van der Waals surface area contributed by atoms with Crippen molar-refractivity contribution in [1.29, 1.82) is 0 Å². The van der Waals surface area contributed by atoms with E-state index in [1.54, 1.807) is 0 Å². The van der Waals surface area contributed by atoms with Gasteiger partial charge in [0.1, 0.15) is 0 Å². The summed E-state index contributed by atoms with van der Waals surface area (Å²) >= 11 is 5.64. The quantitative estimate of drug-likeness (QED) is 0.520. The number of halogens is 1. The number of aliphatic hydroxyl groups is 1. The van der Waals surface area contributed by atoms with Crippen molar-refractivity contribution >= 4 is 11.6 Å². The molecule has 0 bridgehead atoms. The monoisotopic (exact) mass is 204 g/mol. The molecule has 1 N–H and O–H groups in total. The van der Waals surface area contributed by atoms with Gasteiger partial charge in [-0.05, 0) is 18.8 Å². The topological polar surface area (TPSA) is 20.2 Å². The molecule has 1 fully saturated rings. The summed E-state index contributed by atoms with van der Waals surface area (Å²) < 4.78 is 0. The van der Waals surface area contributed by atoms with Crippen LogP contribution in [-0.4, -0.2) is 16.6 Å². The van der Waals surface area contributed by atoms with Crippen molar-refractivity contribution in [3.8, 4) is 0 Å². The SMILES string of the molecule is CCCCCCC1CC(O)(CCl)C1. The lowest BCUT2D eigenvalue weighted by Crippen LogP contribution is -2.45. The summed E-state index contributed by atoms with van der Waals surface area (Å²) in [5.41, 5.74) is -0.503. The summed E-state index contributed by atoms with van der Waals surface area (Å²) in [5, 5.41) is 9.66. The van der Waals surface area contributed by atoms with E-state index >= 15 is 0 Å². The van der Waals surface area contributed by atoms with Crippen molar-refractivity contribution in [3.63, 3.8) is 0 Å². The van der Waals surface area contributed by atoms with E-state index in [0.717, 1.165) is 18.8 Å². The van der Waals surface area contributed by atoms with Crippen LogP contribution in [0.1, 0.15) is 51.9 Å². The van der Waals surface area contributed by atoms with E-state index in [1.807, 2.05) is 0 Å². The fourth-order valence-electron chi connectivity index (χ4n) is 2.19. The third kappa shape index (κ3) is 3.47. The van der Waals surface area contributed by atoms with Crippen molar-refractivity contribution in [2.75, 3.05) is 5.88 Å². The maximum absolute atomic E-state index is 9.66. The van der Waals surface area contributed by atoms with Gasteiger partial charge in [-0.1, -0.05) is 39.0 Å². The number of hydrogen-bond donors (Lipinski definition) is 1. The van der Waals surface area contributed by atoms with Crippen LogP contribution in [0, 0.1) is 5.92 Å². The van der Waals surface area contributed by atoms with E-state index in [4.69, 9.17) is 11.6 Å². The molecule has 0 heterocycles. The zero-order chi connectivity index (χ0) is 9.73. The molecule has 2 heteroatoms. The number of alkyl halides is 1. The molecule has 1 aliphatic carbocycles. The van der Waals surface area contributed by atoms with E-state index < -0.39 is 5.60 Å². The van der Waals surface area contributed by atoms with Crippen LogP contribution in [-0.2, 0) is 0 Å². The molecule has 0 aromatic carbocycles. The van der Waals surface area contributed by atoms with E-state index in [-0.39, 0.29) is 0 Å². The van der Waals surface area contributed by atoms with Crippen LogP contribution in [0.2, 0.25) is 0 Å². The maximum Gasteiger partial charge on any atom is 0.0787 e. The van der Waals surface area contributed by atoms with Crippen molar-refractivity contribution in [1.82, 2.24) is 0 Å². The predicted octanol–water partition coefficient (Wildman–Crippen LogP) is 3.34. The third-order valence-electron chi connectivity index (χ3n) is 3.05. The van der Waals surface area contributed by atoms with E-state index in [1.165, 1.54) is 32.1 Å². The Morgan fingerprint density at radius 2 is 2.00 bits per heavy atom. The molecule has 0 unspecified atom stereocenters. The Morgan fingerprint density at radius 3 is 2.54 bits per heavy atom. The number of unbranched alkanes of at least 4 members (excludes halogenated alkanes) is 3. The van der Waals surface area contributed by atoms with E-state index in [0.29, 0.717) is 5.88 Å². The maximum atomic E-state index is 9.66. The van der Waals surface area contributed by atoms with Crippen molar-refractivity contribution < 1.29 is 5.11 Å². The molecule has 0 aromatic rings. The first-order valence-corrected chi connectivity index (χ1v) is 6.02. The van der Waals surface area contributed by atoms with Crippen molar-refractivity contribution in [2.45, 2.75) is 57.5 Å². The second-order valence-corrected chi connectivity index (χ2v) is 4.75. The normalized spacial score (nSPS) is 33.0. The Labute approximate surface area is 86.5 Å². The fraction of sp³-hybridized carbons (Fsp3) is 1.00. The highest BCUT2D eigenvalue weighted by molar-refractivity contribution is 6.18. The Hall–Kier alpha value is 0.250. The van der Waals surface area contributed by atoms with Crippen LogP contribution < -0.4 is 0 Å². The Kier molecular flexibility index (Phi) is 4.54. The fourth-order valence-corrected chi connectivity index (χ4v) is 2.41. The van der Waals surface area contributed by atoms with Crippen LogP contribution in [0.25, 0.3) is 0 Å². The minimum Gasteiger partial charge on any atom is -0.389 e. The molecule has 1 rings (SSSR count). The molecule has 78 valence electrons. The van der Waals surface area contributed by atoms with Gasteiger partial charge < -0.3 is 5.11 Å². The molecule has 0 saturated heterocycles. The average Bonchev–Trinajstić information content (AvgIpc) is 2.08. The molecule has 0 spiro atoms. The first-order valence-electron chi connectivity index (χ1n) is 5.48. The smallest absolute Gasteiger partial charge is 0.0787 e. The molecular weight excluding hydrogens is 184 g/mol. The van der Waals surface area contributed by atoms with Crippen LogP contribution in [0.3, 0.4) is 0 Å². The lowest BCUT2D eigenvalue weighted by Gasteiger charge is -2.42. The molecule has 1 saturated carbocycles. The summed E-state index contributed by atoms with van der Waals surface area (Å²) in [4.78, 5) is 0. The second kappa shape index (κ2) is 5.21. The Morgan fingerprint density at radius 1 is 1.31 bits per heavy atom. The summed E-state index contributed by atoms with van der Waals surface area (Å²) in [6.45, 7) is 2.23. The van der Waals surface area contributed by atoms with Gasteiger partial charge in [-0.15, -0.1) is 11.6 Å². The second-order valence-electron chi connectivity index (χ2n) is 4.48. The molecule has 1 nitrogen and oxygen atoms in total. The standard InChI is InChI=1S/C11H21ClO/c1-2-3-4-5-6-10-7-11(13,8-10)9-12/h10,13H,2-9H2,1H3.